The fraction of sp³-hybridized carbons (Fsp3) is 0.304. The number of hydrogen-bond acceptors (Lipinski definition) is 3. The highest BCUT2D eigenvalue weighted by atomic mass is 16.2. The summed E-state index contributed by atoms with van der Waals surface area (Å²) in [6.45, 7) is 8.18. The summed E-state index contributed by atoms with van der Waals surface area (Å²) in [6.07, 6.45) is 3.70. The SMILES string of the molecule is CCN(CC)Cc1ccccc1CNC(=O)NCc1cnn(-c2ccccc2)c1. The first-order valence-corrected chi connectivity index (χ1v) is 10.1. The van der Waals surface area contributed by atoms with Gasteiger partial charge in [-0.3, -0.25) is 4.90 Å². The fourth-order valence-corrected chi connectivity index (χ4v) is 3.17. The van der Waals surface area contributed by atoms with Crippen molar-refractivity contribution in [3.63, 3.8) is 0 Å². The Balaban J connectivity index is 1.50. The number of urea groups is 1. The summed E-state index contributed by atoms with van der Waals surface area (Å²) in [7, 11) is 0. The van der Waals surface area contributed by atoms with Crippen LogP contribution in [0.2, 0.25) is 0 Å². The number of hydrogen-bond donors (Lipinski definition) is 2. The smallest absolute Gasteiger partial charge is 0.315 e. The molecule has 0 saturated carbocycles. The summed E-state index contributed by atoms with van der Waals surface area (Å²) in [6, 6.07) is 18.0. The molecule has 3 aromatic rings. The number of rotatable bonds is 9. The Labute approximate surface area is 172 Å². The number of nitrogens with zero attached hydrogens (tertiary/aromatic N) is 3. The molecular weight excluding hydrogens is 362 g/mol. The Morgan fingerprint density at radius 3 is 2.31 bits per heavy atom. The van der Waals surface area contributed by atoms with E-state index >= 15 is 0 Å². The molecule has 1 aromatic heterocycles. The normalized spacial score (nSPS) is 10.9. The third-order valence-corrected chi connectivity index (χ3v) is 4.96. The van der Waals surface area contributed by atoms with Crippen LogP contribution in [-0.2, 0) is 19.6 Å². The highest BCUT2D eigenvalue weighted by molar-refractivity contribution is 5.73. The summed E-state index contributed by atoms with van der Waals surface area (Å²) >= 11 is 0. The van der Waals surface area contributed by atoms with E-state index < -0.39 is 0 Å². The van der Waals surface area contributed by atoms with Crippen molar-refractivity contribution in [3.8, 4) is 5.69 Å². The number of carbonyl (C=O) groups excluding carboxylic acids is 1. The van der Waals surface area contributed by atoms with Crippen LogP contribution in [0, 0.1) is 0 Å². The molecule has 2 amide bonds. The quantitative estimate of drug-likeness (QED) is 0.584. The second-order valence-corrected chi connectivity index (χ2v) is 6.90. The number of para-hydroxylation sites is 1. The van der Waals surface area contributed by atoms with E-state index in [2.05, 4.69) is 46.6 Å². The number of amides is 2. The summed E-state index contributed by atoms with van der Waals surface area (Å²) in [5.41, 5.74) is 4.34. The van der Waals surface area contributed by atoms with Crippen LogP contribution in [0.25, 0.3) is 5.69 Å². The zero-order valence-electron chi connectivity index (χ0n) is 17.1. The van der Waals surface area contributed by atoms with E-state index in [0.29, 0.717) is 13.1 Å². The van der Waals surface area contributed by atoms with Crippen molar-refractivity contribution >= 4 is 6.03 Å². The minimum Gasteiger partial charge on any atom is -0.334 e. The van der Waals surface area contributed by atoms with Crippen LogP contribution in [0.1, 0.15) is 30.5 Å². The molecule has 0 aliphatic heterocycles. The number of carbonyl (C=O) groups is 1. The van der Waals surface area contributed by atoms with Crippen molar-refractivity contribution < 1.29 is 4.79 Å². The van der Waals surface area contributed by atoms with Gasteiger partial charge in [0, 0.05) is 31.4 Å². The van der Waals surface area contributed by atoms with Gasteiger partial charge in [-0.05, 0) is 36.3 Å². The van der Waals surface area contributed by atoms with Crippen molar-refractivity contribution in [3.05, 3.63) is 83.7 Å². The van der Waals surface area contributed by atoms with E-state index in [1.807, 2.05) is 48.7 Å². The summed E-state index contributed by atoms with van der Waals surface area (Å²) in [4.78, 5) is 14.6. The highest BCUT2D eigenvalue weighted by Gasteiger charge is 2.08. The molecule has 0 aliphatic carbocycles. The van der Waals surface area contributed by atoms with E-state index in [1.165, 1.54) is 5.56 Å². The minimum atomic E-state index is -0.185. The third kappa shape index (κ3) is 5.93. The monoisotopic (exact) mass is 391 g/mol. The Bertz CT molecular complexity index is 902. The molecule has 6 heteroatoms. The molecule has 2 N–H and O–H groups in total. The fourth-order valence-electron chi connectivity index (χ4n) is 3.17. The predicted molar refractivity (Wildman–Crippen MR) is 116 cm³/mol. The van der Waals surface area contributed by atoms with Gasteiger partial charge in [0.2, 0.25) is 0 Å². The molecule has 0 bridgehead atoms. The standard InChI is InChI=1S/C23H29N5O/c1-3-27(4-2)18-21-11-9-8-10-20(21)16-25-23(29)24-14-19-15-26-28(17-19)22-12-6-5-7-13-22/h5-13,15,17H,3-4,14,16,18H2,1-2H3,(H2,24,25,29). The molecule has 0 aliphatic rings. The van der Waals surface area contributed by atoms with Crippen molar-refractivity contribution in [1.29, 1.82) is 0 Å². The third-order valence-electron chi connectivity index (χ3n) is 4.96. The zero-order chi connectivity index (χ0) is 20.5. The molecular formula is C23H29N5O. The molecule has 0 spiro atoms. The molecule has 29 heavy (non-hydrogen) atoms. The van der Waals surface area contributed by atoms with E-state index in [1.54, 1.807) is 10.9 Å². The zero-order valence-corrected chi connectivity index (χ0v) is 17.1. The first kappa shape index (κ1) is 20.6. The second kappa shape index (κ2) is 10.4. The van der Waals surface area contributed by atoms with Crippen molar-refractivity contribution in [1.82, 2.24) is 25.3 Å². The van der Waals surface area contributed by atoms with Crippen LogP contribution in [0.4, 0.5) is 4.79 Å². The van der Waals surface area contributed by atoms with Gasteiger partial charge < -0.3 is 10.6 Å². The van der Waals surface area contributed by atoms with Crippen LogP contribution < -0.4 is 10.6 Å². The summed E-state index contributed by atoms with van der Waals surface area (Å²) in [5, 5.41) is 10.2. The van der Waals surface area contributed by atoms with Crippen molar-refractivity contribution in [2.45, 2.75) is 33.5 Å². The number of aromatic nitrogens is 2. The van der Waals surface area contributed by atoms with Gasteiger partial charge in [-0.25, -0.2) is 9.48 Å². The molecule has 3 rings (SSSR count). The number of nitrogens with one attached hydrogen (secondary N) is 2. The van der Waals surface area contributed by atoms with E-state index in [9.17, 15) is 4.79 Å². The van der Waals surface area contributed by atoms with Gasteiger partial charge in [-0.2, -0.15) is 5.10 Å². The average Bonchev–Trinajstić information content (AvgIpc) is 3.25. The van der Waals surface area contributed by atoms with Gasteiger partial charge in [-0.1, -0.05) is 56.3 Å². The lowest BCUT2D eigenvalue weighted by Gasteiger charge is -2.20. The Kier molecular flexibility index (Phi) is 7.41. The maximum atomic E-state index is 12.3. The van der Waals surface area contributed by atoms with Crippen LogP contribution in [0.3, 0.4) is 0 Å². The van der Waals surface area contributed by atoms with Crippen LogP contribution in [0.5, 0.6) is 0 Å². The van der Waals surface area contributed by atoms with Gasteiger partial charge in [0.25, 0.3) is 0 Å². The highest BCUT2D eigenvalue weighted by Crippen LogP contribution is 2.12. The molecule has 2 aromatic carbocycles. The summed E-state index contributed by atoms with van der Waals surface area (Å²) in [5.74, 6) is 0. The van der Waals surface area contributed by atoms with Gasteiger partial charge in [0.15, 0.2) is 0 Å². The second-order valence-electron chi connectivity index (χ2n) is 6.90. The van der Waals surface area contributed by atoms with Gasteiger partial charge in [0.1, 0.15) is 0 Å². The first-order chi connectivity index (χ1) is 14.2. The molecule has 152 valence electrons. The lowest BCUT2D eigenvalue weighted by Crippen LogP contribution is -2.35. The maximum absolute atomic E-state index is 12.3. The van der Waals surface area contributed by atoms with Crippen molar-refractivity contribution in [2.24, 2.45) is 0 Å². The van der Waals surface area contributed by atoms with Crippen LogP contribution >= 0.6 is 0 Å². The Morgan fingerprint density at radius 2 is 1.59 bits per heavy atom. The molecule has 0 radical (unpaired) electrons. The van der Waals surface area contributed by atoms with Gasteiger partial charge >= 0.3 is 6.03 Å². The Morgan fingerprint density at radius 1 is 0.931 bits per heavy atom. The van der Waals surface area contributed by atoms with Crippen molar-refractivity contribution in [2.75, 3.05) is 13.1 Å². The van der Waals surface area contributed by atoms with Crippen LogP contribution in [0.15, 0.2) is 67.0 Å². The van der Waals surface area contributed by atoms with Crippen LogP contribution in [-0.4, -0.2) is 33.8 Å². The summed E-state index contributed by atoms with van der Waals surface area (Å²) < 4.78 is 1.80. The molecule has 0 fully saturated rings. The lowest BCUT2D eigenvalue weighted by molar-refractivity contribution is 0.240. The van der Waals surface area contributed by atoms with E-state index in [4.69, 9.17) is 0 Å². The van der Waals surface area contributed by atoms with Gasteiger partial charge in [0.05, 0.1) is 11.9 Å². The topological polar surface area (TPSA) is 62.2 Å². The average molecular weight is 392 g/mol. The molecule has 1 heterocycles. The minimum absolute atomic E-state index is 0.185. The molecule has 0 saturated heterocycles. The largest absolute Gasteiger partial charge is 0.334 e. The lowest BCUT2D eigenvalue weighted by atomic mass is 10.1. The first-order valence-electron chi connectivity index (χ1n) is 10.1. The van der Waals surface area contributed by atoms with Gasteiger partial charge in [-0.15, -0.1) is 0 Å². The Hall–Kier alpha value is -3.12. The van der Waals surface area contributed by atoms with E-state index in [0.717, 1.165) is 36.4 Å². The predicted octanol–water partition coefficient (Wildman–Crippen LogP) is 3.71. The molecule has 0 atom stereocenters. The maximum Gasteiger partial charge on any atom is 0.315 e. The molecule has 6 nitrogen and oxygen atoms in total. The van der Waals surface area contributed by atoms with E-state index in [-0.39, 0.29) is 6.03 Å². The number of benzene rings is 2. The molecule has 0 unspecified atom stereocenters.